The molecule has 1 heterocycles. The Balaban J connectivity index is 2.01. The quantitative estimate of drug-likeness (QED) is 0.806. The number of hydrogen-bond donors (Lipinski definition) is 1. The van der Waals surface area contributed by atoms with Crippen molar-refractivity contribution in [2.45, 2.75) is 39.3 Å². The summed E-state index contributed by atoms with van der Waals surface area (Å²) in [5.41, 5.74) is 1.11. The van der Waals surface area contributed by atoms with Gasteiger partial charge in [0, 0.05) is 12.5 Å². The molecule has 0 saturated carbocycles. The van der Waals surface area contributed by atoms with Crippen molar-refractivity contribution in [1.82, 2.24) is 15.0 Å². The zero-order chi connectivity index (χ0) is 15.9. The van der Waals surface area contributed by atoms with Gasteiger partial charge in [-0.15, -0.1) is 0 Å². The van der Waals surface area contributed by atoms with E-state index in [0.717, 1.165) is 12.0 Å². The van der Waals surface area contributed by atoms with Crippen LogP contribution in [0.15, 0.2) is 34.9 Å². The van der Waals surface area contributed by atoms with Crippen LogP contribution in [0, 0.1) is 0 Å². The van der Waals surface area contributed by atoms with Gasteiger partial charge in [-0.2, -0.15) is 4.98 Å². The number of nitrogens with zero attached hydrogens (tertiary/aromatic N) is 3. The third kappa shape index (κ3) is 4.66. The van der Waals surface area contributed by atoms with Crippen LogP contribution in [0.3, 0.4) is 0 Å². The van der Waals surface area contributed by atoms with Gasteiger partial charge >= 0.3 is 5.97 Å². The fraction of sp³-hybridized carbons (Fsp3) is 0.438. The summed E-state index contributed by atoms with van der Waals surface area (Å²) >= 11 is 0. The third-order valence-electron chi connectivity index (χ3n) is 3.61. The highest BCUT2D eigenvalue weighted by molar-refractivity contribution is 5.69. The molecule has 0 spiro atoms. The minimum atomic E-state index is -0.857. The predicted octanol–water partition coefficient (Wildman–Crippen LogP) is 2.35. The van der Waals surface area contributed by atoms with Crippen LogP contribution in [-0.2, 0) is 17.8 Å². The predicted molar refractivity (Wildman–Crippen MR) is 81.3 cm³/mol. The highest BCUT2D eigenvalue weighted by Crippen LogP contribution is 2.11. The first-order chi connectivity index (χ1) is 10.6. The van der Waals surface area contributed by atoms with Crippen LogP contribution in [0.1, 0.15) is 37.5 Å². The molecular weight excluding hydrogens is 282 g/mol. The van der Waals surface area contributed by atoms with Crippen molar-refractivity contribution >= 4 is 5.97 Å². The molecule has 22 heavy (non-hydrogen) atoms. The van der Waals surface area contributed by atoms with Gasteiger partial charge in [0.2, 0.25) is 5.89 Å². The van der Waals surface area contributed by atoms with E-state index in [1.54, 1.807) is 0 Å². The molecule has 0 radical (unpaired) electrons. The highest BCUT2D eigenvalue weighted by atomic mass is 16.5. The van der Waals surface area contributed by atoms with Gasteiger partial charge < -0.3 is 9.63 Å². The van der Waals surface area contributed by atoms with Crippen molar-refractivity contribution in [1.29, 1.82) is 0 Å². The lowest BCUT2D eigenvalue weighted by molar-refractivity contribution is -0.139. The van der Waals surface area contributed by atoms with Gasteiger partial charge in [-0.25, -0.2) is 0 Å². The Labute approximate surface area is 129 Å². The first-order valence-corrected chi connectivity index (χ1v) is 7.39. The molecule has 1 aromatic heterocycles. The van der Waals surface area contributed by atoms with E-state index in [4.69, 9.17) is 9.63 Å². The topological polar surface area (TPSA) is 79.5 Å². The summed E-state index contributed by atoms with van der Waals surface area (Å²) in [6, 6.07) is 10.0. The maximum Gasteiger partial charge on any atom is 0.317 e. The molecule has 0 fully saturated rings. The van der Waals surface area contributed by atoms with E-state index in [1.165, 1.54) is 0 Å². The molecule has 6 nitrogen and oxygen atoms in total. The number of benzene rings is 1. The number of carbonyl (C=O) groups is 1. The van der Waals surface area contributed by atoms with Crippen molar-refractivity contribution in [2.75, 3.05) is 6.54 Å². The van der Waals surface area contributed by atoms with Crippen LogP contribution in [0.5, 0.6) is 0 Å². The van der Waals surface area contributed by atoms with E-state index in [9.17, 15) is 4.79 Å². The molecule has 1 unspecified atom stereocenters. The van der Waals surface area contributed by atoms with Crippen molar-refractivity contribution in [3.05, 3.63) is 47.6 Å². The monoisotopic (exact) mass is 303 g/mol. The Morgan fingerprint density at radius 1 is 1.36 bits per heavy atom. The Bertz CT molecular complexity index is 598. The maximum atomic E-state index is 11.0. The highest BCUT2D eigenvalue weighted by Gasteiger charge is 2.19. The van der Waals surface area contributed by atoms with E-state index in [0.29, 0.717) is 24.7 Å². The largest absolute Gasteiger partial charge is 0.480 e. The molecular formula is C16H21N3O3. The van der Waals surface area contributed by atoms with Gasteiger partial charge in [0.25, 0.3) is 0 Å². The van der Waals surface area contributed by atoms with Crippen molar-refractivity contribution in [3.8, 4) is 0 Å². The molecule has 0 bridgehead atoms. The lowest BCUT2D eigenvalue weighted by Crippen LogP contribution is -2.36. The van der Waals surface area contributed by atoms with Crippen LogP contribution in [0.2, 0.25) is 0 Å². The molecule has 1 aromatic carbocycles. The maximum absolute atomic E-state index is 11.0. The van der Waals surface area contributed by atoms with Crippen LogP contribution in [-0.4, -0.2) is 38.7 Å². The summed E-state index contributed by atoms with van der Waals surface area (Å²) in [5.74, 6) is 0.206. The Morgan fingerprint density at radius 2 is 2.09 bits per heavy atom. The zero-order valence-electron chi connectivity index (χ0n) is 12.9. The molecule has 0 aliphatic rings. The SMILES string of the molecule is CCC(C)N(CC(=O)O)Cc1nc(Cc2ccccc2)no1. The summed E-state index contributed by atoms with van der Waals surface area (Å²) in [7, 11) is 0. The van der Waals surface area contributed by atoms with Gasteiger partial charge in [0.05, 0.1) is 13.1 Å². The number of rotatable bonds is 8. The van der Waals surface area contributed by atoms with Crippen LogP contribution in [0.4, 0.5) is 0 Å². The third-order valence-corrected chi connectivity index (χ3v) is 3.61. The van der Waals surface area contributed by atoms with Gasteiger partial charge in [0.1, 0.15) is 0 Å². The smallest absolute Gasteiger partial charge is 0.317 e. The van der Waals surface area contributed by atoms with Crippen LogP contribution in [0.25, 0.3) is 0 Å². The number of carboxylic acid groups (broad SMARTS) is 1. The molecule has 1 atom stereocenters. The second-order valence-corrected chi connectivity index (χ2v) is 5.32. The van der Waals surface area contributed by atoms with E-state index in [1.807, 2.05) is 49.1 Å². The van der Waals surface area contributed by atoms with Gasteiger partial charge in [-0.3, -0.25) is 9.69 Å². The summed E-state index contributed by atoms with van der Waals surface area (Å²) < 4.78 is 5.25. The fourth-order valence-corrected chi connectivity index (χ4v) is 2.18. The number of hydrogen-bond acceptors (Lipinski definition) is 5. The number of carboxylic acids is 1. The standard InChI is InChI=1S/C16H21N3O3/c1-3-12(2)19(11-16(20)21)10-15-17-14(18-22-15)9-13-7-5-4-6-8-13/h4-8,12H,3,9-11H2,1-2H3,(H,20,21). The number of aliphatic carboxylic acids is 1. The van der Waals surface area contributed by atoms with Crippen molar-refractivity contribution in [3.63, 3.8) is 0 Å². The van der Waals surface area contributed by atoms with E-state index in [-0.39, 0.29) is 12.6 Å². The van der Waals surface area contributed by atoms with E-state index < -0.39 is 5.97 Å². The molecule has 0 saturated heterocycles. The first-order valence-electron chi connectivity index (χ1n) is 7.39. The lowest BCUT2D eigenvalue weighted by atomic mass is 10.1. The van der Waals surface area contributed by atoms with Gasteiger partial charge in [0.15, 0.2) is 5.82 Å². The molecule has 0 amide bonds. The molecule has 2 rings (SSSR count). The van der Waals surface area contributed by atoms with Crippen LogP contribution >= 0.6 is 0 Å². The zero-order valence-corrected chi connectivity index (χ0v) is 12.9. The number of aromatic nitrogens is 2. The van der Waals surface area contributed by atoms with Gasteiger partial charge in [-0.1, -0.05) is 42.4 Å². The Hall–Kier alpha value is -2.21. The van der Waals surface area contributed by atoms with E-state index >= 15 is 0 Å². The Kier molecular flexibility index (Phi) is 5.66. The molecule has 1 N–H and O–H groups in total. The second kappa shape index (κ2) is 7.70. The first kappa shape index (κ1) is 16.2. The molecule has 6 heteroatoms. The summed E-state index contributed by atoms with van der Waals surface area (Å²) in [4.78, 5) is 17.1. The molecule has 118 valence electrons. The Morgan fingerprint density at radius 3 is 2.73 bits per heavy atom. The minimum absolute atomic E-state index is 0.0363. The average molecular weight is 303 g/mol. The second-order valence-electron chi connectivity index (χ2n) is 5.32. The van der Waals surface area contributed by atoms with Crippen LogP contribution < -0.4 is 0 Å². The van der Waals surface area contributed by atoms with Gasteiger partial charge in [-0.05, 0) is 18.9 Å². The minimum Gasteiger partial charge on any atom is -0.480 e. The fourth-order valence-electron chi connectivity index (χ4n) is 2.18. The molecule has 2 aromatic rings. The molecule has 0 aliphatic carbocycles. The summed E-state index contributed by atoms with van der Waals surface area (Å²) in [6.45, 7) is 4.33. The average Bonchev–Trinajstić information content (AvgIpc) is 2.93. The van der Waals surface area contributed by atoms with E-state index in [2.05, 4.69) is 10.1 Å². The lowest BCUT2D eigenvalue weighted by Gasteiger charge is -2.24. The normalized spacial score (nSPS) is 12.5. The summed E-state index contributed by atoms with van der Waals surface area (Å²) in [5, 5.41) is 13.0. The molecule has 0 aliphatic heterocycles. The summed E-state index contributed by atoms with van der Waals surface area (Å²) in [6.07, 6.45) is 1.46. The van der Waals surface area contributed by atoms with Crippen molar-refractivity contribution in [2.24, 2.45) is 0 Å². The van der Waals surface area contributed by atoms with Crippen molar-refractivity contribution < 1.29 is 14.4 Å².